The topological polar surface area (TPSA) is 281 Å². The lowest BCUT2D eigenvalue weighted by atomic mass is 10.1. The molecule has 300 valence electrons. The van der Waals surface area contributed by atoms with Gasteiger partial charge in [-0.25, -0.2) is 0 Å². The Morgan fingerprint density at radius 1 is 0.807 bits per heavy atom. The molecule has 0 amide bonds. The van der Waals surface area contributed by atoms with Gasteiger partial charge in [0.2, 0.25) is 6.23 Å². The molecule has 0 bridgehead atoms. The molecule has 3 atom stereocenters. The van der Waals surface area contributed by atoms with Gasteiger partial charge in [0, 0.05) is 56.5 Å². The Kier molecular flexibility index (Phi) is 13.3. The number of nitrogens with one attached hydrogen (secondary N) is 4. The highest BCUT2D eigenvalue weighted by Gasteiger charge is 2.50. The Morgan fingerprint density at radius 3 is 1.84 bits per heavy atom. The molecule has 2 aromatic carbocycles. The number of hydrogen-bond donors (Lipinski definition) is 6. The van der Waals surface area contributed by atoms with Gasteiger partial charge < -0.3 is 44.2 Å². The molecule has 0 aliphatic carbocycles. The maximum atomic E-state index is 13.6. The summed E-state index contributed by atoms with van der Waals surface area (Å²) in [6.45, 7) is 6.15. The summed E-state index contributed by atoms with van der Waals surface area (Å²) in [5, 5.41) is 31.4. The quantitative estimate of drug-likeness (QED) is 0.0533. The zero-order valence-electron chi connectivity index (χ0n) is 32.8. The number of nitrogen functional groups attached to an aromatic ring is 1. The van der Waals surface area contributed by atoms with Crippen LogP contribution in [0.15, 0.2) is 93.0 Å². The van der Waals surface area contributed by atoms with E-state index in [0.29, 0.717) is 22.8 Å². The molecular weight excluding hydrogens is 735 g/mol. The molecule has 0 saturated heterocycles. The molecule has 4 rings (SSSR count). The molecule has 0 aliphatic heterocycles. The number of nitrogens with two attached hydrogens (primary N) is 3. The molecule has 0 fully saturated rings. The minimum atomic E-state index is -2.03. The van der Waals surface area contributed by atoms with Crippen molar-refractivity contribution >= 4 is 22.7 Å². The minimum absolute atomic E-state index is 0.0176. The molecule has 0 aliphatic rings. The van der Waals surface area contributed by atoms with Gasteiger partial charge in [0.05, 0.1) is 5.70 Å². The second-order valence-corrected chi connectivity index (χ2v) is 12.6. The van der Waals surface area contributed by atoms with Crippen LogP contribution >= 0.6 is 0 Å². The van der Waals surface area contributed by atoms with E-state index in [9.17, 15) is 20.1 Å². The van der Waals surface area contributed by atoms with Crippen LogP contribution in [0.25, 0.3) is 11.1 Å². The van der Waals surface area contributed by atoms with Crippen LogP contribution in [0.1, 0.15) is 36.1 Å². The number of pyridine rings is 2. The maximum Gasteiger partial charge on any atom is 0.340 e. The lowest BCUT2D eigenvalue weighted by Gasteiger charge is -2.38. The van der Waals surface area contributed by atoms with E-state index in [4.69, 9.17) is 47.6 Å². The van der Waals surface area contributed by atoms with Crippen molar-refractivity contribution in [3.8, 4) is 23.9 Å². The Morgan fingerprint density at radius 2 is 1.30 bits per heavy atom. The summed E-state index contributed by atoms with van der Waals surface area (Å²) in [5.41, 5.74) is 27.9. The van der Waals surface area contributed by atoms with Crippen molar-refractivity contribution in [2.75, 3.05) is 25.1 Å². The average Bonchev–Trinajstić information content (AvgIpc) is 3.22. The molecule has 0 spiro atoms. The van der Waals surface area contributed by atoms with Gasteiger partial charge in [-0.2, -0.15) is 20.2 Å². The number of nitriles is 2. The summed E-state index contributed by atoms with van der Waals surface area (Å²) in [5.74, 6) is -0.987. The lowest BCUT2D eigenvalue weighted by molar-refractivity contribution is -1.45. The Labute approximate surface area is 329 Å². The van der Waals surface area contributed by atoms with E-state index >= 15 is 0 Å². The van der Waals surface area contributed by atoms with E-state index in [1.807, 2.05) is 12.1 Å². The van der Waals surface area contributed by atoms with E-state index in [1.54, 1.807) is 88.6 Å². The van der Waals surface area contributed by atoms with Crippen LogP contribution in [0.2, 0.25) is 0 Å². The zero-order valence-corrected chi connectivity index (χ0v) is 32.8. The van der Waals surface area contributed by atoms with Gasteiger partial charge in [0.1, 0.15) is 35.2 Å². The van der Waals surface area contributed by atoms with Gasteiger partial charge in [-0.15, -0.1) is 5.69 Å². The molecule has 0 saturated carbocycles. The smallest absolute Gasteiger partial charge is 0.340 e. The summed E-state index contributed by atoms with van der Waals surface area (Å²) in [6.07, 6.45) is -3.06. The van der Waals surface area contributed by atoms with Crippen molar-refractivity contribution in [2.24, 2.45) is 25.6 Å². The highest BCUT2D eigenvalue weighted by Crippen LogP contribution is 2.38. The third-order valence-electron chi connectivity index (χ3n) is 8.96. The number of allylic oxidation sites excluding steroid dienone is 2. The predicted molar refractivity (Wildman–Crippen MR) is 213 cm³/mol. The van der Waals surface area contributed by atoms with Crippen LogP contribution in [0.5, 0.6) is 11.8 Å². The number of anilines is 2. The standard InChI is InChI=1S/C38H46N13O6/c1-21-27(19-39)35(52)49(7)37(29(21)41)56-51(57-38-30(42)22(2)28(20-40)36(53)50(38)8,54-33(31(43)23(3)45-5)47-25-15-11-9-12-16-25)55-34(32(44)24(4)46-6)48-26-17-13-10-14-18-26/h9-18,33-34,41,45-47H,42-44H2,1-8H3/q-1. The van der Waals surface area contributed by atoms with Gasteiger partial charge in [0.15, 0.2) is 0 Å². The highest BCUT2D eigenvalue weighted by atomic mass is 17.4. The second kappa shape index (κ2) is 17.9. The first-order chi connectivity index (χ1) is 27.0. The third-order valence-corrected chi connectivity index (χ3v) is 8.96. The fraction of sp³-hybridized carbons (Fsp3) is 0.263. The van der Waals surface area contributed by atoms with E-state index in [-0.39, 0.29) is 39.3 Å². The summed E-state index contributed by atoms with van der Waals surface area (Å²) in [4.78, 5) is 53.3. The SMILES string of the molecule is CNC(C)=C(N)C([N-]c1ccccc1)O[N+](Oc1c([NH-])c(C)c(C#N)c(=O)n1C)(Oc1c(N)c(C)c(C#N)c(=O)n1C)OC(Nc1ccccc1)C(N)=C(C)NC. The van der Waals surface area contributed by atoms with Crippen molar-refractivity contribution in [2.45, 2.75) is 40.2 Å². The van der Waals surface area contributed by atoms with Crippen LogP contribution in [0.3, 0.4) is 0 Å². The molecule has 2 heterocycles. The molecule has 19 heteroatoms. The molecule has 4 aromatic rings. The number of para-hydroxylation sites is 2. The van der Waals surface area contributed by atoms with Crippen LogP contribution in [0.4, 0.5) is 22.7 Å². The molecule has 0 radical (unpaired) electrons. The van der Waals surface area contributed by atoms with Crippen LogP contribution in [-0.4, -0.2) is 40.8 Å². The monoisotopic (exact) mass is 780 g/mol. The fourth-order valence-corrected chi connectivity index (χ4v) is 5.16. The van der Waals surface area contributed by atoms with Gasteiger partial charge in [-0.05, 0) is 50.2 Å². The maximum absolute atomic E-state index is 13.6. The van der Waals surface area contributed by atoms with E-state index < -0.39 is 46.2 Å². The molecule has 19 nitrogen and oxygen atoms in total. The lowest BCUT2D eigenvalue weighted by Crippen LogP contribution is -2.60. The van der Waals surface area contributed by atoms with Crippen molar-refractivity contribution < 1.29 is 24.5 Å². The molecule has 57 heavy (non-hydrogen) atoms. The van der Waals surface area contributed by atoms with Crippen LogP contribution < -0.4 is 53.9 Å². The number of quaternary nitrogens is 1. The predicted octanol–water partition coefficient (Wildman–Crippen LogP) is 3.97. The van der Waals surface area contributed by atoms with Gasteiger partial charge in [-0.3, -0.25) is 18.7 Å². The van der Waals surface area contributed by atoms with Crippen LogP contribution in [0, 0.1) is 36.5 Å². The molecule has 10 N–H and O–H groups in total. The molecular formula is C38H46N13O6-. The zero-order chi connectivity index (χ0) is 42.2. The Balaban J connectivity index is 2.18. The van der Waals surface area contributed by atoms with Gasteiger partial charge >= 0.3 is 11.0 Å². The highest BCUT2D eigenvalue weighted by molar-refractivity contribution is 5.63. The first-order valence-electron chi connectivity index (χ1n) is 17.3. The first-order valence-corrected chi connectivity index (χ1v) is 17.3. The summed E-state index contributed by atoms with van der Waals surface area (Å²) in [7, 11) is 5.79. The number of benzene rings is 2. The second-order valence-electron chi connectivity index (χ2n) is 12.6. The largest absolute Gasteiger partial charge is 0.694 e. The number of hydrogen-bond acceptors (Lipinski definition) is 14. The molecule has 3 unspecified atom stereocenters. The van der Waals surface area contributed by atoms with Crippen molar-refractivity contribution in [3.05, 3.63) is 137 Å². The Bertz CT molecular complexity index is 2210. The number of nitrogens with zero attached hydrogens (tertiary/aromatic N) is 6. The third kappa shape index (κ3) is 8.98. The van der Waals surface area contributed by atoms with Crippen molar-refractivity contribution in [1.82, 2.24) is 19.8 Å². The number of aromatic nitrogens is 2. The first kappa shape index (κ1) is 42.4. The van der Waals surface area contributed by atoms with E-state index in [0.717, 1.165) is 9.13 Å². The van der Waals surface area contributed by atoms with Crippen LogP contribution in [-0.2, 0) is 23.8 Å². The van der Waals surface area contributed by atoms with E-state index in [1.165, 1.54) is 27.9 Å². The Hall–Kier alpha value is -7.32. The summed E-state index contributed by atoms with van der Waals surface area (Å²) >= 11 is 0. The van der Waals surface area contributed by atoms with Gasteiger partial charge in [-0.1, -0.05) is 59.1 Å². The summed E-state index contributed by atoms with van der Waals surface area (Å²) in [6, 6.07) is 21.0. The molecule has 2 aromatic heterocycles. The minimum Gasteiger partial charge on any atom is -0.694 e. The fourth-order valence-electron chi connectivity index (χ4n) is 5.16. The number of rotatable bonds is 16. The van der Waals surface area contributed by atoms with Crippen molar-refractivity contribution in [1.29, 1.82) is 10.5 Å². The van der Waals surface area contributed by atoms with E-state index in [2.05, 4.69) is 16.0 Å². The van der Waals surface area contributed by atoms with Crippen molar-refractivity contribution in [3.63, 3.8) is 0 Å². The normalized spacial score (nSPS) is 14.0. The summed E-state index contributed by atoms with van der Waals surface area (Å²) < 4.78 is 1.80. The average molecular weight is 781 g/mol. The van der Waals surface area contributed by atoms with Gasteiger partial charge in [0.25, 0.3) is 17.0 Å².